The lowest BCUT2D eigenvalue weighted by molar-refractivity contribution is 0.101. The molecule has 1 aromatic heterocycles. The van der Waals surface area contributed by atoms with Crippen molar-refractivity contribution in [1.82, 2.24) is 15.0 Å². The molecule has 1 heterocycles. The van der Waals surface area contributed by atoms with Gasteiger partial charge in [0, 0.05) is 11.1 Å². The van der Waals surface area contributed by atoms with Crippen LogP contribution in [-0.2, 0) is 0 Å². The number of para-hydroxylation sites is 1. The molecule has 0 saturated carbocycles. The van der Waals surface area contributed by atoms with E-state index in [1.807, 2.05) is 54.6 Å². The van der Waals surface area contributed by atoms with Crippen molar-refractivity contribution in [2.75, 3.05) is 0 Å². The smallest absolute Gasteiger partial charge is 0.159 e. The minimum Gasteiger partial charge on any atom is -0.295 e. The Kier molecular flexibility index (Phi) is 3.13. The molecule has 0 aliphatic rings. The van der Waals surface area contributed by atoms with Crippen molar-refractivity contribution in [1.29, 1.82) is 0 Å². The summed E-state index contributed by atoms with van der Waals surface area (Å²) in [6.07, 6.45) is 1.72. The molecule has 0 aliphatic carbocycles. The third-order valence-electron chi connectivity index (χ3n) is 3.14. The zero-order valence-corrected chi connectivity index (χ0v) is 11.0. The number of hydrogen-bond acceptors (Lipinski definition) is 3. The van der Waals surface area contributed by atoms with E-state index in [0.717, 1.165) is 16.9 Å². The lowest BCUT2D eigenvalue weighted by Crippen LogP contribution is -1.99. The van der Waals surface area contributed by atoms with Gasteiger partial charge in [-0.25, -0.2) is 4.68 Å². The van der Waals surface area contributed by atoms with E-state index in [9.17, 15) is 4.79 Å². The largest absolute Gasteiger partial charge is 0.295 e. The molecule has 4 nitrogen and oxygen atoms in total. The number of carbonyl (C=O) groups is 1. The molecule has 20 heavy (non-hydrogen) atoms. The van der Waals surface area contributed by atoms with Crippen LogP contribution in [0.15, 0.2) is 60.8 Å². The van der Waals surface area contributed by atoms with Gasteiger partial charge in [-0.2, -0.15) is 0 Å². The second-order valence-corrected chi connectivity index (χ2v) is 4.50. The van der Waals surface area contributed by atoms with Crippen molar-refractivity contribution in [3.05, 3.63) is 66.4 Å². The molecule has 0 spiro atoms. The van der Waals surface area contributed by atoms with Crippen molar-refractivity contribution < 1.29 is 4.79 Å². The molecule has 3 rings (SSSR count). The first kappa shape index (κ1) is 12.3. The minimum absolute atomic E-state index is 0.0613. The lowest BCUT2D eigenvalue weighted by atomic mass is 10.1. The van der Waals surface area contributed by atoms with E-state index >= 15 is 0 Å². The standard InChI is InChI=1S/C16H13N3O/c1-12(20)13-7-9-14(10-8-13)16-11-17-18-19(16)15-5-3-2-4-6-15/h2-11H,1H3. The summed E-state index contributed by atoms with van der Waals surface area (Å²) in [5.74, 6) is 0.0613. The fraction of sp³-hybridized carbons (Fsp3) is 0.0625. The van der Waals surface area contributed by atoms with Crippen molar-refractivity contribution >= 4 is 5.78 Å². The van der Waals surface area contributed by atoms with E-state index in [-0.39, 0.29) is 5.78 Å². The van der Waals surface area contributed by atoms with E-state index < -0.39 is 0 Å². The SMILES string of the molecule is CC(=O)c1ccc(-c2cnnn2-c2ccccc2)cc1. The maximum absolute atomic E-state index is 11.3. The number of nitrogens with zero attached hydrogens (tertiary/aromatic N) is 3. The molecule has 98 valence electrons. The Morgan fingerprint density at radius 3 is 2.35 bits per heavy atom. The molecule has 2 aromatic carbocycles. The first-order valence-corrected chi connectivity index (χ1v) is 6.33. The van der Waals surface area contributed by atoms with Crippen LogP contribution < -0.4 is 0 Å². The Morgan fingerprint density at radius 1 is 1.00 bits per heavy atom. The highest BCUT2D eigenvalue weighted by atomic mass is 16.1. The fourth-order valence-electron chi connectivity index (χ4n) is 2.07. The number of aromatic nitrogens is 3. The number of hydrogen-bond donors (Lipinski definition) is 0. The Hall–Kier alpha value is -2.75. The van der Waals surface area contributed by atoms with Crippen LogP contribution in [0.4, 0.5) is 0 Å². The highest BCUT2D eigenvalue weighted by molar-refractivity contribution is 5.94. The van der Waals surface area contributed by atoms with Crippen LogP contribution in [-0.4, -0.2) is 20.8 Å². The predicted molar refractivity (Wildman–Crippen MR) is 76.8 cm³/mol. The summed E-state index contributed by atoms with van der Waals surface area (Å²) >= 11 is 0. The highest BCUT2D eigenvalue weighted by Crippen LogP contribution is 2.21. The van der Waals surface area contributed by atoms with E-state index in [0.29, 0.717) is 5.56 Å². The summed E-state index contributed by atoms with van der Waals surface area (Å²) in [6, 6.07) is 17.3. The topological polar surface area (TPSA) is 47.8 Å². The van der Waals surface area contributed by atoms with Gasteiger partial charge >= 0.3 is 0 Å². The molecule has 0 N–H and O–H groups in total. The first-order valence-electron chi connectivity index (χ1n) is 6.33. The minimum atomic E-state index is 0.0613. The van der Waals surface area contributed by atoms with Crippen molar-refractivity contribution in [3.63, 3.8) is 0 Å². The van der Waals surface area contributed by atoms with Gasteiger partial charge in [-0.3, -0.25) is 4.79 Å². The Bertz CT molecular complexity index is 730. The van der Waals surface area contributed by atoms with Crippen LogP contribution in [0.25, 0.3) is 16.9 Å². The molecular formula is C16H13N3O. The Labute approximate surface area is 116 Å². The van der Waals surface area contributed by atoms with Crippen LogP contribution in [0.5, 0.6) is 0 Å². The normalized spacial score (nSPS) is 10.4. The number of Topliss-reactive ketones (excluding diaryl/α,β-unsaturated/α-hetero) is 1. The van der Waals surface area contributed by atoms with Gasteiger partial charge in [0.2, 0.25) is 0 Å². The third kappa shape index (κ3) is 2.23. The molecule has 0 atom stereocenters. The number of ketones is 1. The lowest BCUT2D eigenvalue weighted by Gasteiger charge is -2.06. The van der Waals surface area contributed by atoms with Crippen LogP contribution >= 0.6 is 0 Å². The Balaban J connectivity index is 2.04. The summed E-state index contributed by atoms with van der Waals surface area (Å²) in [6.45, 7) is 1.56. The number of rotatable bonds is 3. The molecule has 0 unspecified atom stereocenters. The van der Waals surface area contributed by atoms with E-state index in [1.54, 1.807) is 17.8 Å². The van der Waals surface area contributed by atoms with Crippen molar-refractivity contribution in [2.45, 2.75) is 6.92 Å². The molecule has 4 heteroatoms. The Morgan fingerprint density at radius 2 is 1.70 bits per heavy atom. The van der Waals surface area contributed by atoms with E-state index in [2.05, 4.69) is 10.3 Å². The van der Waals surface area contributed by atoms with Gasteiger partial charge in [0.05, 0.1) is 17.6 Å². The summed E-state index contributed by atoms with van der Waals surface area (Å²) in [7, 11) is 0. The molecule has 3 aromatic rings. The molecular weight excluding hydrogens is 250 g/mol. The zero-order chi connectivity index (χ0) is 13.9. The van der Waals surface area contributed by atoms with E-state index in [4.69, 9.17) is 0 Å². The average Bonchev–Trinajstić information content (AvgIpc) is 2.97. The molecule has 0 radical (unpaired) electrons. The van der Waals surface area contributed by atoms with Gasteiger partial charge in [-0.1, -0.05) is 47.7 Å². The number of carbonyl (C=O) groups excluding carboxylic acids is 1. The van der Waals surface area contributed by atoms with Gasteiger partial charge in [-0.15, -0.1) is 5.10 Å². The summed E-state index contributed by atoms with van der Waals surface area (Å²) < 4.78 is 1.78. The second-order valence-electron chi connectivity index (χ2n) is 4.50. The van der Waals surface area contributed by atoms with E-state index in [1.165, 1.54) is 0 Å². The van der Waals surface area contributed by atoms with Gasteiger partial charge in [-0.05, 0) is 19.1 Å². The van der Waals surface area contributed by atoms with Crippen LogP contribution in [0.2, 0.25) is 0 Å². The molecule has 0 amide bonds. The maximum Gasteiger partial charge on any atom is 0.159 e. The quantitative estimate of drug-likeness (QED) is 0.682. The van der Waals surface area contributed by atoms with Gasteiger partial charge in [0.25, 0.3) is 0 Å². The molecule has 0 fully saturated rings. The third-order valence-corrected chi connectivity index (χ3v) is 3.14. The highest BCUT2D eigenvalue weighted by Gasteiger charge is 2.08. The second kappa shape index (κ2) is 5.09. The molecule has 0 aliphatic heterocycles. The monoisotopic (exact) mass is 263 g/mol. The van der Waals surface area contributed by atoms with Crippen LogP contribution in [0.3, 0.4) is 0 Å². The average molecular weight is 263 g/mol. The summed E-state index contributed by atoms with van der Waals surface area (Å²) in [4.78, 5) is 11.3. The first-order chi connectivity index (χ1) is 9.75. The zero-order valence-electron chi connectivity index (χ0n) is 11.0. The van der Waals surface area contributed by atoms with Crippen molar-refractivity contribution in [2.24, 2.45) is 0 Å². The van der Waals surface area contributed by atoms with Crippen LogP contribution in [0, 0.1) is 0 Å². The van der Waals surface area contributed by atoms with Gasteiger partial charge in [0.1, 0.15) is 0 Å². The summed E-state index contributed by atoms with van der Waals surface area (Å²) in [5.41, 5.74) is 3.53. The fourth-order valence-corrected chi connectivity index (χ4v) is 2.07. The number of benzene rings is 2. The van der Waals surface area contributed by atoms with Crippen LogP contribution in [0.1, 0.15) is 17.3 Å². The van der Waals surface area contributed by atoms with Crippen molar-refractivity contribution in [3.8, 4) is 16.9 Å². The van der Waals surface area contributed by atoms with Gasteiger partial charge < -0.3 is 0 Å². The summed E-state index contributed by atoms with van der Waals surface area (Å²) in [5, 5.41) is 8.10. The maximum atomic E-state index is 11.3. The predicted octanol–water partition coefficient (Wildman–Crippen LogP) is 3.14. The molecule has 0 saturated heterocycles. The van der Waals surface area contributed by atoms with Gasteiger partial charge in [0.15, 0.2) is 5.78 Å². The molecule has 0 bridgehead atoms.